The van der Waals surface area contributed by atoms with Crippen molar-refractivity contribution < 1.29 is 29.0 Å². The smallest absolute Gasteiger partial charge is 0.334 e. The zero-order valence-corrected chi connectivity index (χ0v) is 10.3. The second-order valence-electron chi connectivity index (χ2n) is 3.50. The van der Waals surface area contributed by atoms with E-state index in [1.54, 1.807) is 6.92 Å². The van der Waals surface area contributed by atoms with Crippen LogP contribution in [0.25, 0.3) is 0 Å². The Balaban J connectivity index is 4.58. The molecule has 0 radical (unpaired) electrons. The first kappa shape index (κ1) is 15.9. The van der Waals surface area contributed by atoms with E-state index in [2.05, 4.69) is 6.58 Å². The number of aliphatic carboxylic acids is 1. The van der Waals surface area contributed by atoms with Gasteiger partial charge in [0.25, 0.3) is 6.29 Å². The molecular formula is C12H16O6. The predicted molar refractivity (Wildman–Crippen MR) is 62.4 cm³/mol. The van der Waals surface area contributed by atoms with Gasteiger partial charge in [-0.1, -0.05) is 20.4 Å². The number of carbonyl (C=O) groups is 3. The lowest BCUT2D eigenvalue weighted by Crippen LogP contribution is -2.29. The van der Waals surface area contributed by atoms with Crippen molar-refractivity contribution >= 4 is 17.9 Å². The highest BCUT2D eigenvalue weighted by atomic mass is 16.7. The number of carbonyl (C=O) groups excluding carboxylic acids is 2. The Morgan fingerprint density at radius 2 is 1.78 bits per heavy atom. The second kappa shape index (κ2) is 8.05. The fourth-order valence-corrected chi connectivity index (χ4v) is 0.905. The summed E-state index contributed by atoms with van der Waals surface area (Å²) in [6.45, 7) is 6.80. The summed E-state index contributed by atoms with van der Waals surface area (Å²) in [7, 11) is 0. The van der Waals surface area contributed by atoms with Gasteiger partial charge in [0.1, 0.15) is 0 Å². The van der Waals surface area contributed by atoms with E-state index in [0.29, 0.717) is 12.5 Å². The van der Waals surface area contributed by atoms with Crippen molar-refractivity contribution in [3.05, 3.63) is 24.8 Å². The molecule has 0 aromatic rings. The highest BCUT2D eigenvalue weighted by Gasteiger charge is 2.22. The predicted octanol–water partition coefficient (Wildman–Crippen LogP) is 1.27. The van der Waals surface area contributed by atoms with Gasteiger partial charge in [-0.2, -0.15) is 0 Å². The van der Waals surface area contributed by atoms with E-state index in [1.165, 1.54) is 0 Å². The molecule has 6 nitrogen and oxygen atoms in total. The van der Waals surface area contributed by atoms with Crippen molar-refractivity contribution in [2.75, 3.05) is 0 Å². The van der Waals surface area contributed by atoms with Crippen LogP contribution in [0.3, 0.4) is 0 Å². The Morgan fingerprint density at radius 3 is 2.22 bits per heavy atom. The lowest BCUT2D eigenvalue weighted by molar-refractivity contribution is -0.190. The minimum Gasteiger partial charge on any atom is -0.478 e. The van der Waals surface area contributed by atoms with Crippen molar-refractivity contribution in [2.24, 2.45) is 5.92 Å². The van der Waals surface area contributed by atoms with Crippen LogP contribution in [0.1, 0.15) is 20.3 Å². The molecule has 0 amide bonds. The van der Waals surface area contributed by atoms with E-state index >= 15 is 0 Å². The van der Waals surface area contributed by atoms with E-state index < -0.39 is 24.2 Å². The van der Waals surface area contributed by atoms with Crippen LogP contribution in [0.5, 0.6) is 0 Å². The molecule has 0 aliphatic heterocycles. The third kappa shape index (κ3) is 6.47. The maximum atomic E-state index is 11.3. The molecule has 1 N–H and O–H groups in total. The van der Waals surface area contributed by atoms with Crippen molar-refractivity contribution in [3.63, 3.8) is 0 Å². The summed E-state index contributed by atoms with van der Waals surface area (Å²) >= 11 is 0. The third-order valence-electron chi connectivity index (χ3n) is 2.10. The largest absolute Gasteiger partial charge is 0.478 e. The van der Waals surface area contributed by atoms with Gasteiger partial charge < -0.3 is 14.6 Å². The summed E-state index contributed by atoms with van der Waals surface area (Å²) in [5.41, 5.74) is 0. The van der Waals surface area contributed by atoms with E-state index in [1.807, 2.05) is 6.92 Å². The van der Waals surface area contributed by atoms with Crippen LogP contribution in [-0.2, 0) is 23.9 Å². The lowest BCUT2D eigenvalue weighted by atomic mass is 10.1. The standard InChI is InChI=1S/C12H16O6/c1-4-8(3)12(17-10(15)5-2)18-11(16)7-6-9(13)14/h5-8,12H,2,4H2,1,3H3,(H,13,14)/b7-6-. The van der Waals surface area contributed by atoms with Gasteiger partial charge in [0.15, 0.2) is 0 Å². The fraction of sp³-hybridized carbons (Fsp3) is 0.417. The molecule has 100 valence electrons. The molecule has 0 spiro atoms. The molecule has 0 saturated heterocycles. The number of hydrogen-bond acceptors (Lipinski definition) is 5. The maximum Gasteiger partial charge on any atom is 0.334 e. The minimum absolute atomic E-state index is 0.212. The average Bonchev–Trinajstić information content (AvgIpc) is 2.34. The summed E-state index contributed by atoms with van der Waals surface area (Å²) in [5.74, 6) is -3.08. The van der Waals surface area contributed by atoms with Gasteiger partial charge in [-0.3, -0.25) is 0 Å². The monoisotopic (exact) mass is 256 g/mol. The van der Waals surface area contributed by atoms with E-state index in [9.17, 15) is 14.4 Å². The van der Waals surface area contributed by atoms with Crippen molar-refractivity contribution in [2.45, 2.75) is 26.6 Å². The normalized spacial score (nSPS) is 13.7. The molecule has 2 atom stereocenters. The Bertz CT molecular complexity index is 358. The van der Waals surface area contributed by atoms with Crippen LogP contribution >= 0.6 is 0 Å². The van der Waals surface area contributed by atoms with Gasteiger partial charge in [0, 0.05) is 24.1 Å². The maximum absolute atomic E-state index is 11.3. The summed E-state index contributed by atoms with van der Waals surface area (Å²) in [6.07, 6.45) is 1.90. The minimum atomic E-state index is -1.27. The Morgan fingerprint density at radius 1 is 1.22 bits per heavy atom. The van der Waals surface area contributed by atoms with Crippen LogP contribution in [0.2, 0.25) is 0 Å². The number of esters is 2. The summed E-state index contributed by atoms with van der Waals surface area (Å²) in [5, 5.41) is 8.34. The molecular weight excluding hydrogens is 240 g/mol. The molecule has 0 fully saturated rings. The van der Waals surface area contributed by atoms with Crippen molar-refractivity contribution in [3.8, 4) is 0 Å². The van der Waals surface area contributed by atoms with E-state index in [-0.39, 0.29) is 5.92 Å². The molecule has 0 bridgehead atoms. The van der Waals surface area contributed by atoms with Gasteiger partial charge in [-0.15, -0.1) is 0 Å². The highest BCUT2D eigenvalue weighted by molar-refractivity contribution is 5.90. The Hall–Kier alpha value is -2.11. The Kier molecular flexibility index (Phi) is 7.11. The van der Waals surface area contributed by atoms with Crippen LogP contribution in [0.15, 0.2) is 24.8 Å². The lowest BCUT2D eigenvalue weighted by Gasteiger charge is -2.21. The van der Waals surface area contributed by atoms with Gasteiger partial charge in [-0.05, 0) is 6.42 Å². The molecule has 0 saturated carbocycles. The molecule has 0 aliphatic carbocycles. The molecule has 18 heavy (non-hydrogen) atoms. The van der Waals surface area contributed by atoms with E-state index in [4.69, 9.17) is 14.6 Å². The highest BCUT2D eigenvalue weighted by Crippen LogP contribution is 2.14. The third-order valence-corrected chi connectivity index (χ3v) is 2.10. The van der Waals surface area contributed by atoms with E-state index in [0.717, 1.165) is 12.2 Å². The molecule has 0 heterocycles. The molecule has 0 rings (SSSR count). The van der Waals surface area contributed by atoms with Gasteiger partial charge >= 0.3 is 17.9 Å². The van der Waals surface area contributed by atoms with Crippen LogP contribution < -0.4 is 0 Å². The zero-order chi connectivity index (χ0) is 14.1. The van der Waals surface area contributed by atoms with Gasteiger partial charge in [-0.25, -0.2) is 14.4 Å². The van der Waals surface area contributed by atoms with Crippen LogP contribution in [0, 0.1) is 5.92 Å². The summed E-state index contributed by atoms with van der Waals surface area (Å²) < 4.78 is 9.69. The Labute approximate surface area is 105 Å². The topological polar surface area (TPSA) is 89.9 Å². The fourth-order valence-electron chi connectivity index (χ4n) is 0.905. The molecule has 0 aromatic carbocycles. The van der Waals surface area contributed by atoms with Gasteiger partial charge in [0.2, 0.25) is 0 Å². The number of carboxylic acids is 1. The average molecular weight is 256 g/mol. The first-order valence-electron chi connectivity index (χ1n) is 5.35. The molecule has 6 heteroatoms. The van der Waals surface area contributed by atoms with Gasteiger partial charge in [0.05, 0.1) is 0 Å². The molecule has 0 aromatic heterocycles. The van der Waals surface area contributed by atoms with Crippen LogP contribution in [-0.4, -0.2) is 29.3 Å². The number of rotatable bonds is 7. The van der Waals surface area contributed by atoms with Crippen molar-refractivity contribution in [1.29, 1.82) is 0 Å². The SMILES string of the molecule is C=CC(=O)OC(OC(=O)/C=C\C(=O)O)C(C)CC. The zero-order valence-electron chi connectivity index (χ0n) is 10.3. The molecule has 0 aliphatic rings. The first-order valence-corrected chi connectivity index (χ1v) is 5.35. The second-order valence-corrected chi connectivity index (χ2v) is 3.50. The number of hydrogen-bond donors (Lipinski definition) is 1. The summed E-state index contributed by atoms with van der Waals surface area (Å²) in [4.78, 5) is 32.5. The summed E-state index contributed by atoms with van der Waals surface area (Å²) in [6, 6.07) is 0. The quantitative estimate of drug-likeness (QED) is 0.419. The first-order chi connectivity index (χ1) is 8.40. The number of carboxylic acid groups (broad SMARTS) is 1. The van der Waals surface area contributed by atoms with Crippen molar-refractivity contribution in [1.82, 2.24) is 0 Å². The molecule has 2 unspecified atom stereocenters. The number of ether oxygens (including phenoxy) is 2. The van der Waals surface area contributed by atoms with Crippen LogP contribution in [0.4, 0.5) is 0 Å².